The molecule has 4 rings (SSSR count). The highest BCUT2D eigenvalue weighted by Gasteiger charge is 2.54. The first kappa shape index (κ1) is 15.3. The van der Waals surface area contributed by atoms with Gasteiger partial charge in [0.2, 0.25) is 0 Å². The van der Waals surface area contributed by atoms with Crippen molar-refractivity contribution in [2.75, 3.05) is 0 Å². The maximum absolute atomic E-state index is 11.9. The maximum Gasteiger partial charge on any atom is 0.174 e. The Morgan fingerprint density at radius 2 is 1.91 bits per heavy atom. The minimum Gasteiger partial charge on any atom is -0.293 e. The minimum absolute atomic E-state index is 0.181. The molecule has 0 aromatic carbocycles. The molecule has 0 saturated heterocycles. The maximum atomic E-state index is 11.9. The molecule has 4 aliphatic carbocycles. The van der Waals surface area contributed by atoms with Gasteiger partial charge in [0.15, 0.2) is 5.78 Å². The van der Waals surface area contributed by atoms with E-state index in [1.807, 2.05) is 5.54 Å². The first-order chi connectivity index (χ1) is 10.6. The summed E-state index contributed by atoms with van der Waals surface area (Å²) in [6.45, 7) is 2.44. The molecule has 0 N–H and O–H groups in total. The van der Waals surface area contributed by atoms with Crippen LogP contribution in [0, 0.1) is 29.1 Å². The van der Waals surface area contributed by atoms with Gasteiger partial charge < -0.3 is 0 Å². The third-order valence-corrected chi connectivity index (χ3v) is 8.11. The molecule has 0 radical (unpaired) electrons. The van der Waals surface area contributed by atoms with E-state index < -0.39 is 0 Å². The lowest BCUT2D eigenvalue weighted by Gasteiger charge is -2.53. The number of carbonyl (C=O) groups is 1. The molecule has 120 valence electrons. The molecular weight excluding hydrogens is 315 g/mol. The van der Waals surface area contributed by atoms with Crippen LogP contribution in [0.2, 0.25) is 0 Å². The van der Waals surface area contributed by atoms with Crippen LogP contribution in [0.4, 0.5) is 0 Å². The van der Waals surface area contributed by atoms with Crippen LogP contribution in [0.25, 0.3) is 0 Å². The first-order valence-corrected chi connectivity index (χ1v) is 9.59. The predicted octanol–water partition coefficient (Wildman–Crippen LogP) is 5.82. The summed E-state index contributed by atoms with van der Waals surface area (Å²) in [6, 6.07) is 0. The monoisotopic (exact) mass is 338 g/mol. The van der Waals surface area contributed by atoms with Crippen LogP contribution < -0.4 is 0 Å². The second kappa shape index (κ2) is 5.38. The van der Waals surface area contributed by atoms with E-state index in [0.29, 0.717) is 22.8 Å². The second-order valence-corrected chi connectivity index (χ2v) is 8.61. The van der Waals surface area contributed by atoms with Crippen molar-refractivity contribution in [2.45, 2.75) is 58.3 Å². The van der Waals surface area contributed by atoms with Crippen molar-refractivity contribution in [3.63, 3.8) is 0 Å². The van der Waals surface area contributed by atoms with Gasteiger partial charge >= 0.3 is 0 Å². The molecular formula is C19H24Cl2O. The number of carbonyl (C=O) groups excluding carboxylic acids is 1. The summed E-state index contributed by atoms with van der Waals surface area (Å²) >= 11 is 12.5. The Bertz CT molecular complexity index is 576. The Morgan fingerprint density at radius 3 is 2.68 bits per heavy atom. The van der Waals surface area contributed by atoms with Crippen LogP contribution in [0.1, 0.15) is 58.3 Å². The highest BCUT2D eigenvalue weighted by molar-refractivity contribution is 6.43. The normalized spacial score (nSPS) is 46.5. The van der Waals surface area contributed by atoms with E-state index in [-0.39, 0.29) is 5.78 Å². The van der Waals surface area contributed by atoms with Gasteiger partial charge in [0.25, 0.3) is 0 Å². The third-order valence-electron chi connectivity index (χ3n) is 7.39. The standard InChI is InChI=1S/C19H24Cl2O/c1-19-9-8-13-12-5-7-17(22)18(21)15(12)4-3-14(13)16(19)6-2-11(19)10-20/h10,12-14,16H,2-9H2,1H3/t12-,13-,14-,16+,19-/m1/s1. The Balaban J connectivity index is 1.66. The smallest absolute Gasteiger partial charge is 0.174 e. The fraction of sp³-hybridized carbons (Fsp3) is 0.737. The van der Waals surface area contributed by atoms with Gasteiger partial charge in [-0.15, -0.1) is 0 Å². The van der Waals surface area contributed by atoms with Crippen molar-refractivity contribution in [3.05, 3.63) is 21.7 Å². The third kappa shape index (κ3) is 2.01. The average Bonchev–Trinajstić information content (AvgIpc) is 2.87. The largest absolute Gasteiger partial charge is 0.293 e. The highest BCUT2D eigenvalue weighted by Crippen LogP contribution is 2.63. The minimum atomic E-state index is 0.181. The van der Waals surface area contributed by atoms with E-state index in [2.05, 4.69) is 6.92 Å². The number of rotatable bonds is 0. The van der Waals surface area contributed by atoms with Gasteiger partial charge in [-0.05, 0) is 79.6 Å². The van der Waals surface area contributed by atoms with Gasteiger partial charge in [-0.2, -0.15) is 0 Å². The van der Waals surface area contributed by atoms with Crippen molar-refractivity contribution in [1.82, 2.24) is 0 Å². The van der Waals surface area contributed by atoms with Gasteiger partial charge in [0.1, 0.15) is 0 Å². The molecule has 1 nitrogen and oxygen atoms in total. The number of hydrogen-bond acceptors (Lipinski definition) is 1. The number of hydrogen-bond donors (Lipinski definition) is 0. The Morgan fingerprint density at radius 1 is 1.09 bits per heavy atom. The molecule has 0 spiro atoms. The Labute approximate surface area is 143 Å². The van der Waals surface area contributed by atoms with Crippen molar-refractivity contribution in [2.24, 2.45) is 29.1 Å². The van der Waals surface area contributed by atoms with Crippen LogP contribution in [0.5, 0.6) is 0 Å². The van der Waals surface area contributed by atoms with Crippen LogP contribution in [0.15, 0.2) is 21.7 Å². The molecule has 0 bridgehead atoms. The topological polar surface area (TPSA) is 17.1 Å². The quantitative estimate of drug-likeness (QED) is 0.544. The van der Waals surface area contributed by atoms with Crippen molar-refractivity contribution in [1.29, 1.82) is 0 Å². The lowest BCUT2D eigenvalue weighted by Crippen LogP contribution is -2.45. The van der Waals surface area contributed by atoms with E-state index in [4.69, 9.17) is 23.2 Å². The fourth-order valence-corrected chi connectivity index (χ4v) is 6.95. The first-order valence-electron chi connectivity index (χ1n) is 8.77. The van der Waals surface area contributed by atoms with Crippen molar-refractivity contribution >= 4 is 29.0 Å². The van der Waals surface area contributed by atoms with Crippen LogP contribution in [-0.4, -0.2) is 5.78 Å². The molecule has 0 unspecified atom stereocenters. The Kier molecular flexibility index (Phi) is 3.73. The van der Waals surface area contributed by atoms with E-state index in [9.17, 15) is 4.79 Å². The lowest BCUT2D eigenvalue weighted by molar-refractivity contribution is -0.116. The van der Waals surface area contributed by atoms with Gasteiger partial charge in [0, 0.05) is 12.0 Å². The zero-order valence-electron chi connectivity index (χ0n) is 13.2. The Hall–Kier alpha value is -0.270. The fourth-order valence-electron chi connectivity index (χ4n) is 6.26. The van der Waals surface area contributed by atoms with E-state index in [0.717, 1.165) is 30.6 Å². The average molecular weight is 339 g/mol. The molecule has 3 saturated carbocycles. The molecule has 0 amide bonds. The summed E-state index contributed by atoms with van der Waals surface area (Å²) in [4.78, 5) is 11.9. The van der Waals surface area contributed by atoms with E-state index in [1.165, 1.54) is 43.3 Å². The van der Waals surface area contributed by atoms with Crippen LogP contribution in [-0.2, 0) is 4.79 Å². The molecule has 22 heavy (non-hydrogen) atoms. The summed E-state index contributed by atoms with van der Waals surface area (Å²) in [7, 11) is 0. The summed E-state index contributed by atoms with van der Waals surface area (Å²) < 4.78 is 0. The van der Waals surface area contributed by atoms with Gasteiger partial charge in [0.05, 0.1) is 5.03 Å². The number of allylic oxidation sites excluding steroid dienone is 2. The zero-order valence-corrected chi connectivity index (χ0v) is 14.7. The summed E-state index contributed by atoms with van der Waals surface area (Å²) in [6.07, 6.45) is 8.97. The SMILES string of the molecule is C[C@]12CC[C@H]3[C@@H](CCC4=C(Cl)C(=O)CC[C@@H]43)[C@@H]1CCC2=CCl. The highest BCUT2D eigenvalue weighted by atomic mass is 35.5. The molecule has 0 aromatic rings. The number of Topliss-reactive ketones (excluding diaryl/α,β-unsaturated/α-hetero) is 1. The molecule has 3 fully saturated rings. The number of halogens is 2. The molecule has 0 heterocycles. The van der Waals surface area contributed by atoms with Gasteiger partial charge in [-0.1, -0.05) is 35.7 Å². The van der Waals surface area contributed by atoms with Gasteiger partial charge in [-0.3, -0.25) is 4.79 Å². The predicted molar refractivity (Wildman–Crippen MR) is 90.8 cm³/mol. The van der Waals surface area contributed by atoms with Crippen LogP contribution in [0.3, 0.4) is 0 Å². The molecule has 3 heteroatoms. The van der Waals surface area contributed by atoms with Gasteiger partial charge in [-0.25, -0.2) is 0 Å². The summed E-state index contributed by atoms with van der Waals surface area (Å²) in [5.41, 5.74) is 4.98. The van der Waals surface area contributed by atoms with E-state index in [1.54, 1.807) is 0 Å². The second-order valence-electron chi connectivity index (χ2n) is 8.01. The molecule has 0 aliphatic heterocycles. The molecule has 4 aliphatic rings. The van der Waals surface area contributed by atoms with Crippen LogP contribution >= 0.6 is 23.2 Å². The van der Waals surface area contributed by atoms with Crippen molar-refractivity contribution in [3.8, 4) is 0 Å². The summed E-state index contributed by atoms with van der Waals surface area (Å²) in [5, 5.41) is 0.593. The number of fused-ring (bicyclic) bond motifs is 5. The summed E-state index contributed by atoms with van der Waals surface area (Å²) in [5.74, 6) is 3.10. The lowest BCUT2D eigenvalue weighted by atomic mass is 9.52. The molecule has 0 aromatic heterocycles. The van der Waals surface area contributed by atoms with E-state index >= 15 is 0 Å². The zero-order chi connectivity index (χ0) is 15.5. The molecule has 5 atom stereocenters. The number of ketones is 1. The van der Waals surface area contributed by atoms with Crippen molar-refractivity contribution < 1.29 is 4.79 Å².